The first-order valence-electron chi connectivity index (χ1n) is 10.1. The molecule has 1 amide bonds. The van der Waals surface area contributed by atoms with E-state index in [0.717, 1.165) is 35.7 Å². The fraction of sp³-hybridized carbons (Fsp3) is 0.292. The second-order valence-electron chi connectivity index (χ2n) is 8.20. The maximum Gasteiger partial charge on any atom is 0.257 e. The van der Waals surface area contributed by atoms with Crippen molar-refractivity contribution in [1.29, 1.82) is 0 Å². The van der Waals surface area contributed by atoms with Gasteiger partial charge in [-0.25, -0.2) is 0 Å². The van der Waals surface area contributed by atoms with E-state index in [0.29, 0.717) is 16.3 Å². The van der Waals surface area contributed by atoms with Crippen LogP contribution in [0, 0.1) is 0 Å². The lowest BCUT2D eigenvalue weighted by molar-refractivity contribution is 0.0976. The number of rotatable bonds is 4. The molecule has 31 heavy (non-hydrogen) atoms. The zero-order chi connectivity index (χ0) is 22.0. The first kappa shape index (κ1) is 21.2. The summed E-state index contributed by atoms with van der Waals surface area (Å²) in [6.45, 7) is 4.94. The molecule has 0 aliphatic carbocycles. The molecule has 0 saturated heterocycles. The van der Waals surface area contributed by atoms with E-state index in [2.05, 4.69) is 35.5 Å². The lowest BCUT2D eigenvalue weighted by atomic mass is 9.85. The number of methoxy groups -OCH3 is 1. The van der Waals surface area contributed by atoms with Gasteiger partial charge in [-0.3, -0.25) is 14.6 Å². The van der Waals surface area contributed by atoms with Gasteiger partial charge in [-0.15, -0.1) is 0 Å². The summed E-state index contributed by atoms with van der Waals surface area (Å²) < 4.78 is 5.37. The van der Waals surface area contributed by atoms with Crippen molar-refractivity contribution in [2.75, 3.05) is 19.4 Å². The van der Waals surface area contributed by atoms with Crippen LogP contribution in [0.25, 0.3) is 5.70 Å². The number of nitrogens with zero attached hydrogens (tertiary/aromatic N) is 1. The molecule has 160 valence electrons. The highest BCUT2D eigenvalue weighted by molar-refractivity contribution is 8.14. The Hall–Kier alpha value is -3.06. The van der Waals surface area contributed by atoms with Crippen molar-refractivity contribution in [3.8, 4) is 5.75 Å². The largest absolute Gasteiger partial charge is 0.497 e. The van der Waals surface area contributed by atoms with E-state index in [-0.39, 0.29) is 17.2 Å². The molecule has 4 rings (SSSR count). The molecule has 6 nitrogen and oxygen atoms in total. The van der Waals surface area contributed by atoms with Crippen LogP contribution >= 0.6 is 11.8 Å². The number of fused-ring (bicyclic) bond motifs is 1. The van der Waals surface area contributed by atoms with Crippen LogP contribution in [0.4, 0.5) is 0 Å². The van der Waals surface area contributed by atoms with E-state index in [1.165, 1.54) is 17.3 Å². The highest BCUT2D eigenvalue weighted by Crippen LogP contribution is 2.32. The molecule has 0 unspecified atom stereocenters. The van der Waals surface area contributed by atoms with E-state index in [1.807, 2.05) is 12.1 Å². The molecule has 0 saturated carbocycles. The molecular weight excluding hydrogens is 410 g/mol. The number of ether oxygens (including phenoxy) is 1. The maximum absolute atomic E-state index is 13.0. The molecule has 2 N–H and O–H groups in total. The van der Waals surface area contributed by atoms with Gasteiger partial charge in [0.2, 0.25) is 0 Å². The standard InChI is InChI=1S/C24H25N3O3S/c1-24(2)14-17-8-9-18(30-3)12-19(17)20(27-24)13-21(28)15-4-6-16(7-5-15)22(29)26-23-25-10-11-31-23/h4-9,12-13,27H,10-11,14H2,1-3H3,(H,25,26,29)/b20-13-. The predicted molar refractivity (Wildman–Crippen MR) is 125 cm³/mol. The monoisotopic (exact) mass is 435 g/mol. The molecule has 0 spiro atoms. The minimum Gasteiger partial charge on any atom is -0.497 e. The number of carbonyl (C=O) groups excluding carboxylic acids is 2. The topological polar surface area (TPSA) is 79.8 Å². The van der Waals surface area contributed by atoms with Crippen LogP contribution in [0.1, 0.15) is 45.7 Å². The van der Waals surface area contributed by atoms with Gasteiger partial charge < -0.3 is 15.4 Å². The number of thioether (sulfide) groups is 1. The number of amides is 1. The first-order valence-corrected chi connectivity index (χ1v) is 11.1. The molecule has 0 bridgehead atoms. The number of amidine groups is 1. The van der Waals surface area contributed by atoms with Crippen molar-refractivity contribution in [2.45, 2.75) is 25.8 Å². The third kappa shape index (κ3) is 4.82. The van der Waals surface area contributed by atoms with Crippen LogP contribution in [0.15, 0.2) is 53.5 Å². The van der Waals surface area contributed by atoms with Crippen LogP contribution in [0.5, 0.6) is 5.75 Å². The van der Waals surface area contributed by atoms with Gasteiger partial charge in [0.1, 0.15) is 5.75 Å². The Labute approximate surface area is 186 Å². The fourth-order valence-electron chi connectivity index (χ4n) is 3.73. The first-order chi connectivity index (χ1) is 14.8. The zero-order valence-electron chi connectivity index (χ0n) is 17.8. The Morgan fingerprint density at radius 1 is 1.16 bits per heavy atom. The number of aliphatic imine (C=N–C) groups is 1. The molecule has 7 heteroatoms. The number of allylic oxidation sites excluding steroid dienone is 1. The summed E-state index contributed by atoms with van der Waals surface area (Å²) in [5.74, 6) is 1.29. The van der Waals surface area contributed by atoms with Gasteiger partial charge in [0.15, 0.2) is 11.0 Å². The predicted octanol–water partition coefficient (Wildman–Crippen LogP) is 3.68. The van der Waals surface area contributed by atoms with Crippen LogP contribution in [0.2, 0.25) is 0 Å². The molecule has 0 radical (unpaired) electrons. The number of benzene rings is 2. The molecule has 0 fully saturated rings. The molecule has 2 aliphatic rings. The van der Waals surface area contributed by atoms with Gasteiger partial charge in [0.25, 0.3) is 5.91 Å². The molecule has 0 aromatic heterocycles. The van der Waals surface area contributed by atoms with Crippen molar-refractivity contribution in [3.05, 3.63) is 70.8 Å². The molecule has 2 aromatic carbocycles. The van der Waals surface area contributed by atoms with Crippen LogP contribution < -0.4 is 15.4 Å². The van der Waals surface area contributed by atoms with E-state index >= 15 is 0 Å². The van der Waals surface area contributed by atoms with E-state index < -0.39 is 0 Å². The molecule has 2 heterocycles. The van der Waals surface area contributed by atoms with Gasteiger partial charge in [-0.1, -0.05) is 30.0 Å². The Morgan fingerprint density at radius 2 is 1.90 bits per heavy atom. The highest BCUT2D eigenvalue weighted by Gasteiger charge is 2.28. The third-order valence-corrected chi connectivity index (χ3v) is 6.12. The van der Waals surface area contributed by atoms with Crippen molar-refractivity contribution >= 4 is 34.3 Å². The summed E-state index contributed by atoms with van der Waals surface area (Å²) in [6.07, 6.45) is 2.48. The van der Waals surface area contributed by atoms with Crippen LogP contribution in [-0.4, -0.2) is 41.8 Å². The lowest BCUT2D eigenvalue weighted by Gasteiger charge is -2.35. The highest BCUT2D eigenvalue weighted by atomic mass is 32.2. The van der Waals surface area contributed by atoms with Crippen LogP contribution in [-0.2, 0) is 6.42 Å². The van der Waals surface area contributed by atoms with E-state index in [1.54, 1.807) is 37.5 Å². The van der Waals surface area contributed by atoms with E-state index in [9.17, 15) is 9.59 Å². The molecule has 0 atom stereocenters. The lowest BCUT2D eigenvalue weighted by Crippen LogP contribution is -2.43. The minimum atomic E-state index is -0.220. The quantitative estimate of drug-likeness (QED) is 0.566. The summed E-state index contributed by atoms with van der Waals surface area (Å²) in [4.78, 5) is 29.5. The minimum absolute atomic E-state index is 0.128. The van der Waals surface area contributed by atoms with Gasteiger partial charge >= 0.3 is 0 Å². The second kappa shape index (κ2) is 8.59. The Bertz CT molecular complexity index is 1090. The summed E-state index contributed by atoms with van der Waals surface area (Å²) in [5, 5.41) is 6.92. The summed E-state index contributed by atoms with van der Waals surface area (Å²) in [6, 6.07) is 12.6. The average Bonchev–Trinajstić information content (AvgIpc) is 3.26. The summed E-state index contributed by atoms with van der Waals surface area (Å²) >= 11 is 1.53. The van der Waals surface area contributed by atoms with Crippen molar-refractivity contribution in [1.82, 2.24) is 10.6 Å². The maximum atomic E-state index is 13.0. The summed E-state index contributed by atoms with van der Waals surface area (Å²) in [7, 11) is 1.63. The summed E-state index contributed by atoms with van der Waals surface area (Å²) in [5.41, 5.74) is 3.75. The number of hydrogen-bond donors (Lipinski definition) is 2. The number of carbonyl (C=O) groups is 2. The van der Waals surface area contributed by atoms with Crippen molar-refractivity contribution in [3.63, 3.8) is 0 Å². The van der Waals surface area contributed by atoms with Gasteiger partial charge in [0, 0.05) is 39.8 Å². The van der Waals surface area contributed by atoms with Crippen LogP contribution in [0.3, 0.4) is 0 Å². The number of ketones is 1. The Balaban J connectivity index is 1.56. The van der Waals surface area contributed by atoms with Gasteiger partial charge in [-0.2, -0.15) is 0 Å². The number of nitrogens with one attached hydrogen (secondary N) is 2. The fourth-order valence-corrected chi connectivity index (χ4v) is 4.46. The molecule has 2 aliphatic heterocycles. The van der Waals surface area contributed by atoms with Crippen molar-refractivity contribution in [2.24, 2.45) is 4.99 Å². The second-order valence-corrected chi connectivity index (χ2v) is 9.28. The Kier molecular flexibility index (Phi) is 5.87. The molecule has 2 aromatic rings. The normalized spacial score (nSPS) is 18.0. The van der Waals surface area contributed by atoms with E-state index in [4.69, 9.17) is 4.74 Å². The average molecular weight is 436 g/mol. The Morgan fingerprint density at radius 3 is 2.58 bits per heavy atom. The smallest absolute Gasteiger partial charge is 0.257 e. The number of hydrogen-bond acceptors (Lipinski definition) is 6. The van der Waals surface area contributed by atoms with Gasteiger partial charge in [-0.05, 0) is 50.1 Å². The SMILES string of the molecule is COc1ccc2c(c1)/C(=C/C(=O)c1ccc(C(=O)NC3=NCCS3)cc1)NC(C)(C)C2. The molecular formula is C24H25N3O3S. The zero-order valence-corrected chi connectivity index (χ0v) is 18.6. The van der Waals surface area contributed by atoms with Gasteiger partial charge in [0.05, 0.1) is 13.7 Å². The van der Waals surface area contributed by atoms with Crippen molar-refractivity contribution < 1.29 is 14.3 Å². The third-order valence-electron chi connectivity index (χ3n) is 5.23.